The number of rotatable bonds is 4. The molecule has 0 saturated carbocycles. The molecule has 0 spiro atoms. The molecule has 0 radical (unpaired) electrons. The first-order valence-electron chi connectivity index (χ1n) is 5.78. The molecule has 1 saturated heterocycles. The highest BCUT2D eigenvalue weighted by molar-refractivity contribution is 8.00. The smallest absolute Gasteiger partial charge is 0.222 e. The van der Waals surface area contributed by atoms with Crippen molar-refractivity contribution in [2.75, 3.05) is 18.8 Å². The number of thioether (sulfide) groups is 1. The molecule has 2 N–H and O–H groups in total. The van der Waals surface area contributed by atoms with Gasteiger partial charge in [0.2, 0.25) is 5.91 Å². The SMILES string of the molecule is CCC1CN(C(=O)CCC(C)N)CCS1.Cl. The Labute approximate surface area is 109 Å². The van der Waals surface area contributed by atoms with E-state index in [0.717, 1.165) is 31.7 Å². The van der Waals surface area contributed by atoms with Crippen molar-refractivity contribution in [3.8, 4) is 0 Å². The standard InChI is InChI=1S/C11H22N2OS.ClH/c1-3-10-8-13(6-7-15-10)11(14)5-4-9(2)12;/h9-10H,3-8,12H2,1-2H3;1H. The van der Waals surface area contributed by atoms with E-state index in [2.05, 4.69) is 6.92 Å². The van der Waals surface area contributed by atoms with Crippen LogP contribution < -0.4 is 5.73 Å². The minimum atomic E-state index is 0. The molecule has 3 nitrogen and oxygen atoms in total. The van der Waals surface area contributed by atoms with Crippen LogP contribution >= 0.6 is 24.2 Å². The lowest BCUT2D eigenvalue weighted by Crippen LogP contribution is -2.42. The largest absolute Gasteiger partial charge is 0.341 e. The molecule has 0 aliphatic carbocycles. The van der Waals surface area contributed by atoms with Gasteiger partial charge in [0.25, 0.3) is 0 Å². The van der Waals surface area contributed by atoms with Gasteiger partial charge in [0.1, 0.15) is 0 Å². The molecule has 1 fully saturated rings. The molecule has 2 atom stereocenters. The first-order chi connectivity index (χ1) is 7.13. The van der Waals surface area contributed by atoms with Crippen molar-refractivity contribution in [3.63, 3.8) is 0 Å². The van der Waals surface area contributed by atoms with E-state index in [0.29, 0.717) is 11.7 Å². The van der Waals surface area contributed by atoms with E-state index in [4.69, 9.17) is 5.73 Å². The summed E-state index contributed by atoms with van der Waals surface area (Å²) in [4.78, 5) is 13.8. The molecule has 1 aliphatic rings. The van der Waals surface area contributed by atoms with Gasteiger partial charge in [-0.1, -0.05) is 6.92 Å². The number of hydrogen-bond donors (Lipinski definition) is 1. The molecular weight excluding hydrogens is 244 g/mol. The van der Waals surface area contributed by atoms with Gasteiger partial charge in [-0.3, -0.25) is 4.79 Å². The minimum absolute atomic E-state index is 0. The van der Waals surface area contributed by atoms with Crippen LogP contribution in [0.3, 0.4) is 0 Å². The van der Waals surface area contributed by atoms with Crippen LogP contribution in [0.25, 0.3) is 0 Å². The molecule has 0 aromatic rings. The third kappa shape index (κ3) is 5.41. The Bertz CT molecular complexity index is 214. The predicted octanol–water partition coefficient (Wildman–Crippen LogP) is 1.89. The van der Waals surface area contributed by atoms with Crippen LogP contribution in [0.1, 0.15) is 33.1 Å². The van der Waals surface area contributed by atoms with Gasteiger partial charge in [-0.25, -0.2) is 0 Å². The first-order valence-corrected chi connectivity index (χ1v) is 6.83. The fraction of sp³-hybridized carbons (Fsp3) is 0.909. The van der Waals surface area contributed by atoms with E-state index in [9.17, 15) is 4.79 Å². The Morgan fingerprint density at radius 1 is 1.62 bits per heavy atom. The van der Waals surface area contributed by atoms with Gasteiger partial charge in [-0.05, 0) is 19.8 Å². The van der Waals surface area contributed by atoms with Gasteiger partial charge in [0, 0.05) is 36.6 Å². The highest BCUT2D eigenvalue weighted by atomic mass is 35.5. The maximum atomic E-state index is 11.8. The first kappa shape index (κ1) is 16.1. The maximum Gasteiger partial charge on any atom is 0.222 e. The van der Waals surface area contributed by atoms with Crippen molar-refractivity contribution in [1.82, 2.24) is 4.90 Å². The van der Waals surface area contributed by atoms with Gasteiger partial charge in [0.05, 0.1) is 0 Å². The van der Waals surface area contributed by atoms with Crippen molar-refractivity contribution < 1.29 is 4.79 Å². The zero-order chi connectivity index (χ0) is 11.3. The number of nitrogens with zero attached hydrogens (tertiary/aromatic N) is 1. The Balaban J connectivity index is 0.00000225. The molecule has 1 rings (SSSR count). The summed E-state index contributed by atoms with van der Waals surface area (Å²) in [6.07, 6.45) is 2.57. The molecule has 1 amide bonds. The Hall–Kier alpha value is 0.0700. The summed E-state index contributed by atoms with van der Waals surface area (Å²) in [7, 11) is 0. The lowest BCUT2D eigenvalue weighted by atomic mass is 10.1. The van der Waals surface area contributed by atoms with E-state index in [1.807, 2.05) is 23.6 Å². The topological polar surface area (TPSA) is 46.3 Å². The van der Waals surface area contributed by atoms with Crippen LogP contribution in [0.2, 0.25) is 0 Å². The molecule has 0 aromatic heterocycles. The van der Waals surface area contributed by atoms with Gasteiger partial charge >= 0.3 is 0 Å². The van der Waals surface area contributed by atoms with Gasteiger partial charge in [-0.15, -0.1) is 12.4 Å². The molecule has 5 heteroatoms. The summed E-state index contributed by atoms with van der Waals surface area (Å²) in [5.74, 6) is 1.37. The Morgan fingerprint density at radius 2 is 2.31 bits per heavy atom. The van der Waals surface area contributed by atoms with Gasteiger partial charge < -0.3 is 10.6 Å². The molecule has 0 aromatic carbocycles. The summed E-state index contributed by atoms with van der Waals surface area (Å²) >= 11 is 1.99. The molecule has 0 bridgehead atoms. The number of carbonyl (C=O) groups excluding carboxylic acids is 1. The summed E-state index contributed by atoms with van der Waals surface area (Å²) in [5.41, 5.74) is 5.65. The van der Waals surface area contributed by atoms with Crippen molar-refractivity contribution in [1.29, 1.82) is 0 Å². The fourth-order valence-corrected chi connectivity index (χ4v) is 2.88. The molecule has 96 valence electrons. The number of halogens is 1. The van der Waals surface area contributed by atoms with Gasteiger partial charge in [0.15, 0.2) is 0 Å². The third-order valence-corrected chi connectivity index (χ3v) is 4.13. The van der Waals surface area contributed by atoms with Crippen molar-refractivity contribution in [3.05, 3.63) is 0 Å². The van der Waals surface area contributed by atoms with Crippen LogP contribution in [0.4, 0.5) is 0 Å². The third-order valence-electron chi connectivity index (χ3n) is 2.76. The zero-order valence-electron chi connectivity index (χ0n) is 10.1. The molecule has 1 aliphatic heterocycles. The van der Waals surface area contributed by atoms with E-state index in [-0.39, 0.29) is 24.4 Å². The number of amides is 1. The van der Waals surface area contributed by atoms with Crippen LogP contribution in [0.5, 0.6) is 0 Å². The maximum absolute atomic E-state index is 11.8. The van der Waals surface area contributed by atoms with Crippen LogP contribution in [0, 0.1) is 0 Å². The number of carbonyl (C=O) groups is 1. The predicted molar refractivity (Wildman–Crippen MR) is 73.2 cm³/mol. The number of hydrogen-bond acceptors (Lipinski definition) is 3. The Kier molecular flexibility index (Phi) is 8.24. The second kappa shape index (κ2) is 8.20. The lowest BCUT2D eigenvalue weighted by molar-refractivity contribution is -0.131. The number of nitrogens with two attached hydrogens (primary N) is 1. The quantitative estimate of drug-likeness (QED) is 0.845. The van der Waals surface area contributed by atoms with E-state index >= 15 is 0 Å². The molecule has 1 heterocycles. The molecule has 16 heavy (non-hydrogen) atoms. The molecular formula is C11H23ClN2OS. The van der Waals surface area contributed by atoms with Crippen LogP contribution in [-0.4, -0.2) is 40.9 Å². The second-order valence-corrected chi connectivity index (χ2v) is 5.67. The summed E-state index contributed by atoms with van der Waals surface area (Å²) in [6.45, 7) is 5.99. The molecule has 2 unspecified atom stereocenters. The monoisotopic (exact) mass is 266 g/mol. The summed E-state index contributed by atoms with van der Waals surface area (Å²) in [6, 6.07) is 0.134. The van der Waals surface area contributed by atoms with Crippen LogP contribution in [0.15, 0.2) is 0 Å². The Morgan fingerprint density at radius 3 is 2.88 bits per heavy atom. The minimum Gasteiger partial charge on any atom is -0.341 e. The highest BCUT2D eigenvalue weighted by Gasteiger charge is 2.22. The van der Waals surface area contributed by atoms with Gasteiger partial charge in [-0.2, -0.15) is 11.8 Å². The average molecular weight is 267 g/mol. The summed E-state index contributed by atoms with van der Waals surface area (Å²) < 4.78 is 0. The second-order valence-electron chi connectivity index (χ2n) is 4.26. The summed E-state index contributed by atoms with van der Waals surface area (Å²) in [5, 5.41) is 0.637. The van der Waals surface area contributed by atoms with Crippen LogP contribution in [-0.2, 0) is 4.79 Å². The van der Waals surface area contributed by atoms with E-state index < -0.39 is 0 Å². The van der Waals surface area contributed by atoms with Crippen molar-refractivity contribution in [2.24, 2.45) is 5.73 Å². The van der Waals surface area contributed by atoms with Crippen molar-refractivity contribution >= 4 is 30.1 Å². The van der Waals surface area contributed by atoms with E-state index in [1.165, 1.54) is 0 Å². The zero-order valence-corrected chi connectivity index (χ0v) is 11.8. The van der Waals surface area contributed by atoms with E-state index in [1.54, 1.807) is 0 Å². The average Bonchev–Trinajstić information content (AvgIpc) is 2.26. The lowest BCUT2D eigenvalue weighted by Gasteiger charge is -2.32. The van der Waals surface area contributed by atoms with Crippen molar-refractivity contribution in [2.45, 2.75) is 44.4 Å². The normalized spacial score (nSPS) is 22.4. The fourth-order valence-electron chi connectivity index (χ4n) is 1.70. The highest BCUT2D eigenvalue weighted by Crippen LogP contribution is 2.21.